The first-order chi connectivity index (χ1) is 6.96. The van der Waals surface area contributed by atoms with Crippen molar-refractivity contribution in [2.75, 3.05) is 34.9 Å². The molecule has 0 amide bonds. The van der Waals surface area contributed by atoms with Crippen molar-refractivity contribution in [2.45, 2.75) is 31.4 Å². The number of aliphatic hydroxyl groups excluding tert-OH is 1. The van der Waals surface area contributed by atoms with Crippen molar-refractivity contribution in [3.05, 3.63) is 0 Å². The number of nitrogens with zero attached hydrogens (tertiary/aromatic N) is 1. The van der Waals surface area contributed by atoms with Crippen LogP contribution >= 0.6 is 0 Å². The average molecular weight is 218 g/mol. The van der Waals surface area contributed by atoms with Gasteiger partial charge in [-0.3, -0.25) is 0 Å². The Bertz CT molecular complexity index is 191. The van der Waals surface area contributed by atoms with Crippen LogP contribution in [0.5, 0.6) is 0 Å². The van der Waals surface area contributed by atoms with Crippen LogP contribution in [0.15, 0.2) is 0 Å². The number of rotatable bonds is 4. The number of hydrogen-bond donors (Lipinski definition) is 1. The third-order valence-corrected chi connectivity index (χ3v) is 3.35. The normalized spacial score (nSPS) is 33.0. The lowest BCUT2D eigenvalue weighted by Gasteiger charge is -2.42. The Hall–Kier alpha value is -0.160. The summed E-state index contributed by atoms with van der Waals surface area (Å²) in [6.07, 6.45) is 3.00. The lowest BCUT2D eigenvalue weighted by molar-refractivity contribution is -0.901. The Morgan fingerprint density at radius 2 is 1.93 bits per heavy atom. The highest BCUT2D eigenvalue weighted by Gasteiger charge is 2.39. The van der Waals surface area contributed by atoms with Gasteiger partial charge in [-0.25, -0.2) is 9.78 Å². The van der Waals surface area contributed by atoms with Crippen LogP contribution in [0.25, 0.3) is 0 Å². The van der Waals surface area contributed by atoms with Gasteiger partial charge < -0.3 is 9.59 Å². The minimum absolute atomic E-state index is 0.209. The summed E-state index contributed by atoms with van der Waals surface area (Å²) in [6, 6.07) is 0.309. The molecule has 15 heavy (non-hydrogen) atoms. The van der Waals surface area contributed by atoms with Gasteiger partial charge in [0, 0.05) is 12.3 Å². The maximum absolute atomic E-state index is 10.2. The zero-order valence-electron chi connectivity index (χ0n) is 10.3. The summed E-state index contributed by atoms with van der Waals surface area (Å²) in [6.45, 7) is 0.494. The lowest BCUT2D eigenvalue weighted by Crippen LogP contribution is -2.56. The van der Waals surface area contributed by atoms with E-state index in [1.54, 1.807) is 0 Å². The third kappa shape index (κ3) is 3.41. The molecule has 0 aromatic carbocycles. The van der Waals surface area contributed by atoms with Gasteiger partial charge in [-0.15, -0.1) is 0 Å². The topological polar surface area (TPSA) is 38.7 Å². The molecule has 4 nitrogen and oxygen atoms in total. The van der Waals surface area contributed by atoms with Gasteiger partial charge in [0.1, 0.15) is 12.1 Å². The molecule has 4 heteroatoms. The third-order valence-electron chi connectivity index (χ3n) is 3.35. The van der Waals surface area contributed by atoms with Crippen molar-refractivity contribution < 1.29 is 19.4 Å². The fraction of sp³-hybridized carbons (Fsp3) is 1.00. The largest absolute Gasteiger partial charge is 0.387 e. The highest BCUT2D eigenvalue weighted by atomic mass is 17.2. The Labute approximate surface area is 92.3 Å². The summed E-state index contributed by atoms with van der Waals surface area (Å²) in [5.74, 6) is 0.209. The van der Waals surface area contributed by atoms with Gasteiger partial charge in [-0.2, -0.15) is 0 Å². The molecule has 0 bridgehead atoms. The molecule has 0 saturated heterocycles. The molecule has 1 fully saturated rings. The van der Waals surface area contributed by atoms with E-state index in [1.807, 2.05) is 0 Å². The van der Waals surface area contributed by atoms with Crippen molar-refractivity contribution in [2.24, 2.45) is 5.92 Å². The molecular formula is C11H24NO3+. The van der Waals surface area contributed by atoms with Gasteiger partial charge >= 0.3 is 0 Å². The molecule has 1 aliphatic rings. The van der Waals surface area contributed by atoms with E-state index >= 15 is 0 Å². The van der Waals surface area contributed by atoms with Crippen molar-refractivity contribution >= 4 is 0 Å². The molecule has 0 aromatic heterocycles. The first kappa shape index (κ1) is 12.9. The first-order valence-corrected chi connectivity index (χ1v) is 5.61. The molecule has 1 N–H and O–H groups in total. The summed E-state index contributed by atoms with van der Waals surface area (Å²) < 4.78 is 0.810. The van der Waals surface area contributed by atoms with Crippen molar-refractivity contribution in [3.63, 3.8) is 0 Å². The second-order valence-electron chi connectivity index (χ2n) is 5.32. The molecule has 3 atom stereocenters. The Morgan fingerprint density at radius 1 is 1.27 bits per heavy atom. The standard InChI is InChI=1S/C11H24NO3/c1-12(2,3)10-7-5-6-9(11(10)13)8-15-14-4/h9-11,13H,5-8H2,1-4H3/q+1. The van der Waals surface area contributed by atoms with E-state index in [0.717, 1.165) is 23.7 Å². The van der Waals surface area contributed by atoms with Crippen molar-refractivity contribution in [3.8, 4) is 0 Å². The van der Waals surface area contributed by atoms with Crippen molar-refractivity contribution in [1.82, 2.24) is 0 Å². The molecule has 1 rings (SSSR count). The fourth-order valence-electron chi connectivity index (χ4n) is 2.43. The summed E-state index contributed by atoms with van der Waals surface area (Å²) in [5.41, 5.74) is 0. The maximum Gasteiger partial charge on any atom is 0.115 e. The van der Waals surface area contributed by atoms with Gasteiger partial charge in [-0.05, 0) is 12.8 Å². The zero-order chi connectivity index (χ0) is 11.5. The summed E-state index contributed by atoms with van der Waals surface area (Å²) >= 11 is 0. The summed E-state index contributed by atoms with van der Waals surface area (Å²) in [7, 11) is 7.90. The van der Waals surface area contributed by atoms with Gasteiger partial charge in [0.25, 0.3) is 0 Å². The molecule has 0 radical (unpaired) electrons. The van der Waals surface area contributed by atoms with E-state index in [2.05, 4.69) is 26.0 Å². The smallest absolute Gasteiger partial charge is 0.115 e. The quantitative estimate of drug-likeness (QED) is 0.431. The lowest BCUT2D eigenvalue weighted by atomic mass is 9.82. The molecule has 1 aliphatic carbocycles. The van der Waals surface area contributed by atoms with Gasteiger partial charge in [0.05, 0.1) is 34.9 Å². The summed E-state index contributed by atoms with van der Waals surface area (Å²) in [4.78, 5) is 9.53. The zero-order valence-corrected chi connectivity index (χ0v) is 10.3. The highest BCUT2D eigenvalue weighted by Crippen LogP contribution is 2.29. The summed E-state index contributed by atoms with van der Waals surface area (Å²) in [5, 5.41) is 10.2. The number of aliphatic hydroxyl groups is 1. The van der Waals surface area contributed by atoms with E-state index in [9.17, 15) is 5.11 Å². The van der Waals surface area contributed by atoms with Crippen LogP contribution in [-0.2, 0) is 9.78 Å². The fourth-order valence-corrected chi connectivity index (χ4v) is 2.43. The molecule has 0 spiro atoms. The van der Waals surface area contributed by atoms with Crippen LogP contribution in [0.3, 0.4) is 0 Å². The molecule has 3 unspecified atom stereocenters. The Morgan fingerprint density at radius 3 is 2.47 bits per heavy atom. The van der Waals surface area contributed by atoms with E-state index in [1.165, 1.54) is 7.11 Å². The first-order valence-electron chi connectivity index (χ1n) is 5.61. The minimum atomic E-state index is -0.283. The van der Waals surface area contributed by atoms with Crippen LogP contribution in [0.4, 0.5) is 0 Å². The Balaban J connectivity index is 2.55. The highest BCUT2D eigenvalue weighted by molar-refractivity contribution is 4.82. The average Bonchev–Trinajstić information content (AvgIpc) is 2.14. The second-order valence-corrected chi connectivity index (χ2v) is 5.32. The van der Waals surface area contributed by atoms with Crippen LogP contribution < -0.4 is 0 Å². The Kier molecular flexibility index (Phi) is 4.52. The van der Waals surface area contributed by atoms with Crippen LogP contribution in [0.2, 0.25) is 0 Å². The number of quaternary nitrogens is 1. The molecular weight excluding hydrogens is 194 g/mol. The van der Waals surface area contributed by atoms with Gasteiger partial charge in [0.2, 0.25) is 0 Å². The molecule has 0 aliphatic heterocycles. The van der Waals surface area contributed by atoms with Crippen LogP contribution in [0, 0.1) is 5.92 Å². The van der Waals surface area contributed by atoms with Gasteiger partial charge in [-0.1, -0.05) is 0 Å². The number of likely N-dealkylation sites (N-methyl/N-ethyl adjacent to an activating group) is 1. The maximum atomic E-state index is 10.2. The van der Waals surface area contributed by atoms with E-state index in [0.29, 0.717) is 12.6 Å². The van der Waals surface area contributed by atoms with E-state index < -0.39 is 0 Å². The van der Waals surface area contributed by atoms with E-state index in [-0.39, 0.29) is 12.0 Å². The van der Waals surface area contributed by atoms with Crippen LogP contribution in [0.1, 0.15) is 19.3 Å². The number of hydrogen-bond acceptors (Lipinski definition) is 3. The predicted octanol–water partition coefficient (Wildman–Crippen LogP) is 0.800. The van der Waals surface area contributed by atoms with E-state index in [4.69, 9.17) is 4.89 Å². The van der Waals surface area contributed by atoms with Gasteiger partial charge in [0.15, 0.2) is 0 Å². The monoisotopic (exact) mass is 218 g/mol. The van der Waals surface area contributed by atoms with Crippen LogP contribution in [-0.4, -0.2) is 56.6 Å². The molecule has 1 saturated carbocycles. The second kappa shape index (κ2) is 5.25. The molecule has 0 heterocycles. The minimum Gasteiger partial charge on any atom is -0.387 e. The molecule has 0 aromatic rings. The van der Waals surface area contributed by atoms with Crippen molar-refractivity contribution in [1.29, 1.82) is 0 Å². The molecule has 90 valence electrons. The predicted molar refractivity (Wildman–Crippen MR) is 58.1 cm³/mol. The SMILES string of the molecule is COOCC1CCCC([N+](C)(C)C)C1O.